The lowest BCUT2D eigenvalue weighted by Crippen LogP contribution is -2.01. The van der Waals surface area contributed by atoms with Gasteiger partial charge >= 0.3 is 0 Å². The predicted molar refractivity (Wildman–Crippen MR) is 75.3 cm³/mol. The molecular weight excluding hydrogens is 294 g/mol. The van der Waals surface area contributed by atoms with E-state index in [1.54, 1.807) is 6.20 Å². The number of hydrogen-bond donors (Lipinski definition) is 1. The van der Waals surface area contributed by atoms with Gasteiger partial charge in [0.15, 0.2) is 0 Å². The summed E-state index contributed by atoms with van der Waals surface area (Å²) in [6, 6.07) is 2.28. The second kappa shape index (κ2) is 3.91. The van der Waals surface area contributed by atoms with Crippen LogP contribution in [0, 0.1) is 0 Å². The number of anilines is 1. The fourth-order valence-corrected chi connectivity index (χ4v) is 2.60. The topological polar surface area (TPSA) is 69.6 Å². The van der Waals surface area contributed by atoms with Crippen molar-refractivity contribution in [1.82, 2.24) is 19.5 Å². The molecule has 18 heavy (non-hydrogen) atoms. The summed E-state index contributed by atoms with van der Waals surface area (Å²) in [5.74, 6) is 0.280. The maximum atomic E-state index is 5.68. The summed E-state index contributed by atoms with van der Waals surface area (Å²) < 4.78 is 3.03. The van der Waals surface area contributed by atoms with E-state index < -0.39 is 0 Å². The Kier molecular flexibility index (Phi) is 2.48. The molecule has 3 rings (SSSR count). The van der Waals surface area contributed by atoms with Crippen molar-refractivity contribution in [2.24, 2.45) is 0 Å². The molecule has 0 bridgehead atoms. The first kappa shape index (κ1) is 11.4. The Morgan fingerprint density at radius 3 is 2.78 bits per heavy atom. The molecule has 0 radical (unpaired) electrons. The maximum Gasteiger partial charge on any atom is 0.220 e. The highest BCUT2D eigenvalue weighted by Crippen LogP contribution is 2.31. The van der Waals surface area contributed by atoms with Crippen LogP contribution in [0.2, 0.25) is 0 Å². The van der Waals surface area contributed by atoms with Gasteiger partial charge in [0, 0.05) is 22.1 Å². The average molecular weight is 306 g/mol. The van der Waals surface area contributed by atoms with Gasteiger partial charge in [-0.25, -0.2) is 15.0 Å². The van der Waals surface area contributed by atoms with Gasteiger partial charge in [0.05, 0.1) is 11.8 Å². The molecule has 92 valence electrons. The molecule has 0 saturated carbocycles. The third kappa shape index (κ3) is 1.56. The lowest BCUT2D eigenvalue weighted by Gasteiger charge is -2.10. The van der Waals surface area contributed by atoms with Gasteiger partial charge in [-0.15, -0.1) is 0 Å². The highest BCUT2D eigenvalue weighted by atomic mass is 79.9. The molecule has 6 heteroatoms. The van der Waals surface area contributed by atoms with E-state index in [4.69, 9.17) is 5.73 Å². The van der Waals surface area contributed by atoms with Crippen molar-refractivity contribution in [3.8, 4) is 0 Å². The van der Waals surface area contributed by atoms with Gasteiger partial charge in [-0.3, -0.25) is 0 Å². The second-order valence-electron chi connectivity index (χ2n) is 4.47. The quantitative estimate of drug-likeness (QED) is 0.750. The van der Waals surface area contributed by atoms with Crippen molar-refractivity contribution in [3.63, 3.8) is 0 Å². The number of imidazole rings is 1. The number of halogens is 1. The fraction of sp³-hybridized carbons (Fsp3) is 0.250. The van der Waals surface area contributed by atoms with Gasteiger partial charge in [0.1, 0.15) is 11.0 Å². The van der Waals surface area contributed by atoms with Gasteiger partial charge in [0.25, 0.3) is 0 Å². The molecule has 2 N–H and O–H groups in total. The summed E-state index contributed by atoms with van der Waals surface area (Å²) in [4.78, 5) is 12.8. The standard InChI is InChI=1S/C12H12BrN5/c1-6(2)18-5-16-10-8(13)3-7-4-15-12(14)17-9(7)11(10)18/h3-6H,1-2H3,(H2,14,15,17). The van der Waals surface area contributed by atoms with Gasteiger partial charge in [-0.2, -0.15) is 0 Å². The van der Waals surface area contributed by atoms with Crippen LogP contribution in [0.3, 0.4) is 0 Å². The number of rotatable bonds is 1. The van der Waals surface area contributed by atoms with E-state index in [0.717, 1.165) is 26.4 Å². The summed E-state index contributed by atoms with van der Waals surface area (Å²) >= 11 is 3.54. The van der Waals surface area contributed by atoms with Crippen LogP contribution in [-0.4, -0.2) is 19.5 Å². The van der Waals surface area contributed by atoms with E-state index in [2.05, 4.69) is 49.3 Å². The zero-order chi connectivity index (χ0) is 12.9. The van der Waals surface area contributed by atoms with Gasteiger partial charge in [0.2, 0.25) is 5.95 Å². The molecule has 0 fully saturated rings. The molecular formula is C12H12BrN5. The van der Waals surface area contributed by atoms with Gasteiger partial charge in [-0.1, -0.05) is 0 Å². The first-order valence-corrected chi connectivity index (χ1v) is 6.44. The average Bonchev–Trinajstić information content (AvgIpc) is 2.76. The van der Waals surface area contributed by atoms with E-state index in [1.165, 1.54) is 0 Å². The molecule has 0 atom stereocenters. The van der Waals surface area contributed by atoms with Crippen molar-refractivity contribution in [1.29, 1.82) is 0 Å². The minimum atomic E-state index is 0.280. The van der Waals surface area contributed by atoms with Crippen LogP contribution < -0.4 is 5.73 Å². The SMILES string of the molecule is CC(C)n1cnc2c(Br)cc3cnc(N)nc3c21. The number of fused-ring (bicyclic) bond motifs is 3. The Labute approximate surface area is 112 Å². The Morgan fingerprint density at radius 1 is 1.28 bits per heavy atom. The van der Waals surface area contributed by atoms with Crippen LogP contribution in [-0.2, 0) is 0 Å². The number of nitrogens with zero attached hydrogens (tertiary/aromatic N) is 4. The summed E-state index contributed by atoms with van der Waals surface area (Å²) in [6.07, 6.45) is 3.57. The van der Waals surface area contributed by atoms with E-state index in [-0.39, 0.29) is 5.95 Å². The van der Waals surface area contributed by atoms with Crippen LogP contribution in [0.1, 0.15) is 19.9 Å². The molecule has 5 nitrogen and oxygen atoms in total. The first-order chi connectivity index (χ1) is 8.58. The second-order valence-corrected chi connectivity index (χ2v) is 5.32. The van der Waals surface area contributed by atoms with E-state index in [1.807, 2.05) is 12.4 Å². The van der Waals surface area contributed by atoms with Crippen LogP contribution in [0.15, 0.2) is 23.1 Å². The Balaban J connectivity index is 2.56. The minimum Gasteiger partial charge on any atom is -0.368 e. The number of hydrogen-bond acceptors (Lipinski definition) is 4. The number of benzene rings is 1. The van der Waals surface area contributed by atoms with E-state index in [9.17, 15) is 0 Å². The van der Waals surface area contributed by atoms with Crippen molar-refractivity contribution in [3.05, 3.63) is 23.1 Å². The van der Waals surface area contributed by atoms with Crippen molar-refractivity contribution in [2.75, 3.05) is 5.73 Å². The summed E-state index contributed by atoms with van der Waals surface area (Å²) in [6.45, 7) is 4.22. The molecule has 3 aromatic rings. The smallest absolute Gasteiger partial charge is 0.220 e. The van der Waals surface area contributed by atoms with Crippen LogP contribution in [0.4, 0.5) is 5.95 Å². The minimum absolute atomic E-state index is 0.280. The normalized spacial score (nSPS) is 11.8. The van der Waals surface area contributed by atoms with Crippen molar-refractivity contribution < 1.29 is 0 Å². The van der Waals surface area contributed by atoms with Gasteiger partial charge < -0.3 is 10.3 Å². The highest BCUT2D eigenvalue weighted by molar-refractivity contribution is 9.10. The maximum absolute atomic E-state index is 5.68. The molecule has 0 saturated heterocycles. The van der Waals surface area contributed by atoms with E-state index in [0.29, 0.717) is 6.04 Å². The van der Waals surface area contributed by atoms with Crippen LogP contribution in [0.25, 0.3) is 21.9 Å². The molecule has 2 aromatic heterocycles. The molecule has 0 aliphatic heterocycles. The monoisotopic (exact) mass is 305 g/mol. The third-order valence-corrected chi connectivity index (χ3v) is 3.52. The van der Waals surface area contributed by atoms with Crippen molar-refractivity contribution >= 4 is 43.8 Å². The van der Waals surface area contributed by atoms with Crippen LogP contribution in [0.5, 0.6) is 0 Å². The highest BCUT2D eigenvalue weighted by Gasteiger charge is 2.14. The summed E-state index contributed by atoms with van der Waals surface area (Å²) in [5.41, 5.74) is 8.41. The lowest BCUT2D eigenvalue weighted by atomic mass is 10.2. The molecule has 0 aliphatic rings. The van der Waals surface area contributed by atoms with E-state index >= 15 is 0 Å². The third-order valence-electron chi connectivity index (χ3n) is 2.92. The summed E-state index contributed by atoms with van der Waals surface area (Å²) in [7, 11) is 0. The molecule has 0 spiro atoms. The summed E-state index contributed by atoms with van der Waals surface area (Å²) in [5, 5.41) is 0.950. The first-order valence-electron chi connectivity index (χ1n) is 5.65. The molecule has 2 heterocycles. The Bertz CT molecular complexity index is 747. The molecule has 0 aliphatic carbocycles. The number of nitrogens with two attached hydrogens (primary N) is 1. The Hall–Kier alpha value is -1.69. The van der Waals surface area contributed by atoms with Crippen LogP contribution >= 0.6 is 15.9 Å². The molecule has 0 unspecified atom stereocenters. The predicted octanol–water partition coefficient (Wildman–Crippen LogP) is 2.91. The molecule has 0 amide bonds. The fourth-order valence-electron chi connectivity index (χ4n) is 2.07. The molecule has 1 aromatic carbocycles. The number of aromatic nitrogens is 4. The Morgan fingerprint density at radius 2 is 2.06 bits per heavy atom. The zero-order valence-corrected chi connectivity index (χ0v) is 11.6. The van der Waals surface area contributed by atoms with Crippen molar-refractivity contribution in [2.45, 2.75) is 19.9 Å². The zero-order valence-electron chi connectivity index (χ0n) is 10.1. The lowest BCUT2D eigenvalue weighted by molar-refractivity contribution is 0.618. The van der Waals surface area contributed by atoms with Gasteiger partial charge in [-0.05, 0) is 35.8 Å². The largest absolute Gasteiger partial charge is 0.368 e. The number of nitrogen functional groups attached to an aromatic ring is 1.